The molecule has 0 aliphatic rings. The highest BCUT2D eigenvalue weighted by molar-refractivity contribution is 5.62. The number of hydrogen-bond donors (Lipinski definition) is 3. The predicted molar refractivity (Wildman–Crippen MR) is 53.9 cm³/mol. The number of rotatable bonds is 0. The van der Waals surface area contributed by atoms with E-state index in [1.807, 2.05) is 12.1 Å². The molecule has 4 nitrogen and oxygen atoms in total. The van der Waals surface area contributed by atoms with Crippen molar-refractivity contribution < 1.29 is 0 Å². The van der Waals surface area contributed by atoms with Gasteiger partial charge in [-0.3, -0.25) is 0 Å². The maximum absolute atomic E-state index is 5.39. The number of H-pyrrole nitrogens is 1. The van der Waals surface area contributed by atoms with Gasteiger partial charge in [0.15, 0.2) is 0 Å². The number of aromatic nitrogens is 2. The van der Waals surface area contributed by atoms with E-state index in [9.17, 15) is 0 Å². The summed E-state index contributed by atoms with van der Waals surface area (Å²) < 4.78 is 0. The summed E-state index contributed by atoms with van der Waals surface area (Å²) in [6.45, 7) is 0. The maximum atomic E-state index is 5.39. The third-order valence-electron chi connectivity index (χ3n) is 1.40. The van der Waals surface area contributed by atoms with Crippen LogP contribution in [-0.2, 0) is 0 Å². The van der Waals surface area contributed by atoms with Gasteiger partial charge >= 0.3 is 0 Å². The molecule has 0 aliphatic heterocycles. The van der Waals surface area contributed by atoms with Gasteiger partial charge in [0.2, 0.25) is 0 Å². The molecule has 68 valence electrons. The van der Waals surface area contributed by atoms with Crippen LogP contribution < -0.4 is 11.5 Å². The van der Waals surface area contributed by atoms with Crippen molar-refractivity contribution in [1.29, 1.82) is 0 Å². The molecule has 0 fully saturated rings. The highest BCUT2D eigenvalue weighted by Gasteiger charge is 1.85. The third-order valence-corrected chi connectivity index (χ3v) is 1.40. The van der Waals surface area contributed by atoms with Gasteiger partial charge in [-0.05, 0) is 12.1 Å². The van der Waals surface area contributed by atoms with Crippen molar-refractivity contribution >= 4 is 11.4 Å². The number of nitrogens with one attached hydrogen (secondary N) is 1. The Morgan fingerprint density at radius 1 is 1.08 bits per heavy atom. The second-order valence-corrected chi connectivity index (χ2v) is 2.39. The Labute approximate surface area is 76.6 Å². The van der Waals surface area contributed by atoms with Crippen LogP contribution in [0.1, 0.15) is 0 Å². The minimum absolute atomic E-state index is 0.646. The van der Waals surface area contributed by atoms with Gasteiger partial charge in [-0.25, -0.2) is 4.98 Å². The zero-order valence-corrected chi connectivity index (χ0v) is 7.14. The van der Waals surface area contributed by atoms with Gasteiger partial charge in [-0.15, -0.1) is 0 Å². The van der Waals surface area contributed by atoms with Crippen molar-refractivity contribution in [2.75, 3.05) is 11.5 Å². The van der Waals surface area contributed by atoms with Crippen LogP contribution in [0, 0.1) is 0 Å². The fourth-order valence-corrected chi connectivity index (χ4v) is 0.726. The molecule has 0 aliphatic carbocycles. The summed E-state index contributed by atoms with van der Waals surface area (Å²) in [5, 5.41) is 0. The summed E-state index contributed by atoms with van der Waals surface area (Å²) in [5.41, 5.74) is 12.1. The van der Waals surface area contributed by atoms with Crippen molar-refractivity contribution in [3.05, 3.63) is 43.0 Å². The Hall–Kier alpha value is -1.97. The van der Waals surface area contributed by atoms with E-state index >= 15 is 0 Å². The molecule has 0 bridgehead atoms. The van der Waals surface area contributed by atoms with Crippen LogP contribution in [0.15, 0.2) is 43.0 Å². The van der Waals surface area contributed by atoms with E-state index in [1.165, 1.54) is 0 Å². The topological polar surface area (TPSA) is 80.7 Å². The maximum Gasteiger partial charge on any atom is 0.0919 e. The molecule has 1 aromatic carbocycles. The zero-order chi connectivity index (χ0) is 9.52. The molecular formula is C9H12N4. The normalized spacial score (nSPS) is 8.62. The molecule has 0 atom stereocenters. The van der Waals surface area contributed by atoms with Crippen molar-refractivity contribution in [2.24, 2.45) is 0 Å². The lowest BCUT2D eigenvalue weighted by Crippen LogP contribution is -1.91. The molecule has 0 amide bonds. The van der Waals surface area contributed by atoms with Gasteiger partial charge in [-0.1, -0.05) is 12.1 Å². The summed E-state index contributed by atoms with van der Waals surface area (Å²) in [4.78, 5) is 6.42. The van der Waals surface area contributed by atoms with E-state index < -0.39 is 0 Å². The molecule has 4 heteroatoms. The summed E-state index contributed by atoms with van der Waals surface area (Å²) >= 11 is 0. The molecule has 1 heterocycles. The number of nitrogen functional groups attached to an aromatic ring is 2. The Bertz CT molecular complexity index is 291. The summed E-state index contributed by atoms with van der Waals surface area (Å²) in [5.74, 6) is 0. The number of anilines is 2. The van der Waals surface area contributed by atoms with E-state index in [-0.39, 0.29) is 0 Å². The number of para-hydroxylation sites is 2. The average molecular weight is 176 g/mol. The summed E-state index contributed by atoms with van der Waals surface area (Å²) in [7, 11) is 0. The number of nitrogens with two attached hydrogens (primary N) is 2. The average Bonchev–Trinajstić information content (AvgIpc) is 2.68. The molecular weight excluding hydrogens is 164 g/mol. The van der Waals surface area contributed by atoms with Crippen molar-refractivity contribution in [1.82, 2.24) is 9.97 Å². The third kappa shape index (κ3) is 3.29. The van der Waals surface area contributed by atoms with Gasteiger partial charge in [0.1, 0.15) is 0 Å². The minimum Gasteiger partial charge on any atom is -0.397 e. The van der Waals surface area contributed by atoms with E-state index in [0.29, 0.717) is 11.4 Å². The lowest BCUT2D eigenvalue weighted by atomic mass is 10.3. The lowest BCUT2D eigenvalue weighted by Gasteiger charge is -1.94. The number of nitrogens with zero attached hydrogens (tertiary/aromatic N) is 1. The van der Waals surface area contributed by atoms with Crippen LogP contribution in [0.2, 0.25) is 0 Å². The Morgan fingerprint density at radius 2 is 1.69 bits per heavy atom. The Kier molecular flexibility index (Phi) is 3.38. The predicted octanol–water partition coefficient (Wildman–Crippen LogP) is 1.26. The number of imidazole rings is 1. The van der Waals surface area contributed by atoms with Gasteiger partial charge in [0, 0.05) is 12.4 Å². The number of benzene rings is 1. The first-order valence-electron chi connectivity index (χ1n) is 3.83. The van der Waals surface area contributed by atoms with E-state index in [0.717, 1.165) is 0 Å². The molecule has 0 saturated carbocycles. The minimum atomic E-state index is 0.646. The van der Waals surface area contributed by atoms with Crippen molar-refractivity contribution in [3.63, 3.8) is 0 Å². The SMILES string of the molecule is Nc1ccccc1N.c1c[nH]cn1. The summed E-state index contributed by atoms with van der Waals surface area (Å²) in [6, 6.07) is 7.25. The van der Waals surface area contributed by atoms with E-state index in [1.54, 1.807) is 30.9 Å². The van der Waals surface area contributed by atoms with Crippen molar-refractivity contribution in [2.45, 2.75) is 0 Å². The molecule has 13 heavy (non-hydrogen) atoms. The molecule has 0 radical (unpaired) electrons. The van der Waals surface area contributed by atoms with Crippen LogP contribution >= 0.6 is 0 Å². The van der Waals surface area contributed by atoms with Gasteiger partial charge in [-0.2, -0.15) is 0 Å². The van der Waals surface area contributed by atoms with Gasteiger partial charge in [0.05, 0.1) is 17.7 Å². The highest BCUT2D eigenvalue weighted by atomic mass is 14.8. The van der Waals surface area contributed by atoms with Crippen LogP contribution in [0.25, 0.3) is 0 Å². The van der Waals surface area contributed by atoms with E-state index in [2.05, 4.69) is 9.97 Å². The van der Waals surface area contributed by atoms with Crippen LogP contribution in [0.4, 0.5) is 11.4 Å². The lowest BCUT2D eigenvalue weighted by molar-refractivity contribution is 1.31. The monoisotopic (exact) mass is 176 g/mol. The second-order valence-electron chi connectivity index (χ2n) is 2.39. The zero-order valence-electron chi connectivity index (χ0n) is 7.14. The molecule has 2 aromatic rings. The first-order chi connectivity index (χ1) is 6.30. The number of hydrogen-bond acceptors (Lipinski definition) is 3. The van der Waals surface area contributed by atoms with Crippen LogP contribution in [0.3, 0.4) is 0 Å². The standard InChI is InChI=1S/C6H8N2.C3H4N2/c7-5-3-1-2-4-6(5)8;1-2-5-3-4-1/h1-4H,7-8H2;1-3H,(H,4,5). The smallest absolute Gasteiger partial charge is 0.0919 e. The highest BCUT2D eigenvalue weighted by Crippen LogP contribution is 2.10. The van der Waals surface area contributed by atoms with Gasteiger partial charge in [0.25, 0.3) is 0 Å². The molecule has 5 N–H and O–H groups in total. The Morgan fingerprint density at radius 3 is 1.92 bits per heavy atom. The Balaban J connectivity index is 0.000000145. The molecule has 0 saturated heterocycles. The second kappa shape index (κ2) is 4.82. The molecule has 0 spiro atoms. The largest absolute Gasteiger partial charge is 0.397 e. The van der Waals surface area contributed by atoms with Crippen LogP contribution in [-0.4, -0.2) is 9.97 Å². The molecule has 2 rings (SSSR count). The molecule has 1 aromatic heterocycles. The quantitative estimate of drug-likeness (QED) is 0.528. The fraction of sp³-hybridized carbons (Fsp3) is 0. The van der Waals surface area contributed by atoms with Crippen LogP contribution in [0.5, 0.6) is 0 Å². The molecule has 0 unspecified atom stereocenters. The number of aromatic amines is 1. The fourth-order valence-electron chi connectivity index (χ4n) is 0.726. The first-order valence-corrected chi connectivity index (χ1v) is 3.83. The van der Waals surface area contributed by atoms with E-state index in [4.69, 9.17) is 11.5 Å². The van der Waals surface area contributed by atoms with Gasteiger partial charge < -0.3 is 16.5 Å². The first kappa shape index (κ1) is 9.12. The summed E-state index contributed by atoms with van der Waals surface area (Å²) in [6.07, 6.45) is 5.08. The van der Waals surface area contributed by atoms with Crippen molar-refractivity contribution in [3.8, 4) is 0 Å².